The fourth-order valence-corrected chi connectivity index (χ4v) is 2.75. The number of amides is 2. The van der Waals surface area contributed by atoms with E-state index in [9.17, 15) is 14.4 Å². The molecule has 100 valence electrons. The van der Waals surface area contributed by atoms with Crippen LogP contribution < -0.4 is 5.32 Å². The number of carbonyl (C=O) groups is 3. The lowest BCUT2D eigenvalue weighted by molar-refractivity contribution is -0.158. The Morgan fingerprint density at radius 3 is 2.72 bits per heavy atom. The largest absolute Gasteiger partial charge is 0.335 e. The van der Waals surface area contributed by atoms with Crippen LogP contribution in [0.3, 0.4) is 0 Å². The fourth-order valence-electron chi connectivity index (χ4n) is 2.58. The zero-order valence-electron chi connectivity index (χ0n) is 10.2. The third kappa shape index (κ3) is 2.22. The maximum absolute atomic E-state index is 12.3. The average Bonchev–Trinajstić information content (AvgIpc) is 2.48. The predicted molar refractivity (Wildman–Crippen MR) is 64.9 cm³/mol. The third-order valence-electron chi connectivity index (χ3n) is 3.53. The number of halogens is 1. The molecule has 2 rings (SSSR count). The second kappa shape index (κ2) is 5.24. The highest BCUT2D eigenvalue weighted by atomic mass is 35.5. The van der Waals surface area contributed by atoms with Crippen LogP contribution in [0.5, 0.6) is 0 Å². The van der Waals surface area contributed by atoms with E-state index in [1.165, 1.54) is 10.0 Å². The first kappa shape index (κ1) is 13.3. The highest BCUT2D eigenvalue weighted by molar-refractivity contribution is 6.62. The minimum Gasteiger partial charge on any atom is -0.309 e. The van der Waals surface area contributed by atoms with Crippen LogP contribution in [0.1, 0.15) is 25.7 Å². The molecule has 0 aliphatic carbocycles. The number of nitrogens with one attached hydrogen (secondary N) is 1. The van der Waals surface area contributed by atoms with E-state index >= 15 is 0 Å². The molecular weight excluding hydrogens is 258 g/mol. The molecule has 2 amide bonds. The molecule has 2 atom stereocenters. The van der Waals surface area contributed by atoms with Crippen LogP contribution in [0.25, 0.3) is 0 Å². The summed E-state index contributed by atoms with van der Waals surface area (Å²) in [6, 6.07) is -0.970. The van der Waals surface area contributed by atoms with E-state index in [2.05, 4.69) is 5.32 Å². The molecule has 1 N–H and O–H groups in total. The standard InChI is InChI=1S/C11H16ClN3O3/c1-13-7-4-5-9(16)8-3-2-6-14(11(12)18)15(8)10(7)17/h7-8,13H,2-6H2,1H3/t7-,8+/m0/s1. The molecule has 0 saturated carbocycles. The predicted octanol–water partition coefficient (Wildman–Crippen LogP) is 0.504. The number of ketones is 1. The van der Waals surface area contributed by atoms with Crippen molar-refractivity contribution in [1.82, 2.24) is 15.3 Å². The van der Waals surface area contributed by atoms with Crippen LogP contribution >= 0.6 is 11.6 Å². The first-order valence-electron chi connectivity index (χ1n) is 6.06. The molecule has 6 nitrogen and oxygen atoms in total. The minimum atomic E-state index is -0.711. The molecule has 2 aliphatic heterocycles. The molecule has 18 heavy (non-hydrogen) atoms. The van der Waals surface area contributed by atoms with Crippen molar-refractivity contribution >= 4 is 28.7 Å². The van der Waals surface area contributed by atoms with Gasteiger partial charge < -0.3 is 5.32 Å². The maximum atomic E-state index is 12.3. The van der Waals surface area contributed by atoms with Crippen molar-refractivity contribution < 1.29 is 14.4 Å². The molecule has 2 fully saturated rings. The number of Topliss-reactive ketones (excluding diaryl/α,β-unsaturated/α-hetero) is 1. The minimum absolute atomic E-state index is 0.00344. The normalized spacial score (nSPS) is 29.0. The Kier molecular flexibility index (Phi) is 3.87. The molecule has 0 bridgehead atoms. The van der Waals surface area contributed by atoms with Gasteiger partial charge in [-0.2, -0.15) is 0 Å². The molecular formula is C11H16ClN3O3. The summed E-state index contributed by atoms with van der Waals surface area (Å²) in [5, 5.41) is 4.62. The Hall–Kier alpha value is -1.14. The Bertz CT molecular complexity index is 388. The summed E-state index contributed by atoms with van der Waals surface area (Å²) < 4.78 is 0. The number of hydrazine groups is 1. The van der Waals surface area contributed by atoms with Gasteiger partial charge in [-0.1, -0.05) is 0 Å². The lowest BCUT2D eigenvalue weighted by Crippen LogP contribution is -2.60. The number of fused-ring (bicyclic) bond motifs is 1. The third-order valence-corrected chi connectivity index (χ3v) is 3.72. The SMILES string of the molecule is CN[C@H]1CCC(=O)[C@H]2CCCN(C(=O)Cl)N2C1=O. The summed E-state index contributed by atoms with van der Waals surface area (Å²) in [5.74, 6) is -0.245. The smallest absolute Gasteiger partial charge is 0.309 e. The van der Waals surface area contributed by atoms with E-state index in [1.54, 1.807) is 7.05 Å². The molecule has 2 heterocycles. The number of hydrogen-bond acceptors (Lipinski definition) is 4. The van der Waals surface area contributed by atoms with Gasteiger partial charge in [0, 0.05) is 13.0 Å². The highest BCUT2D eigenvalue weighted by Crippen LogP contribution is 2.26. The van der Waals surface area contributed by atoms with E-state index in [-0.39, 0.29) is 11.7 Å². The van der Waals surface area contributed by atoms with Crippen LogP contribution in [0.2, 0.25) is 0 Å². The van der Waals surface area contributed by atoms with Gasteiger partial charge in [-0.3, -0.25) is 14.4 Å². The number of likely N-dealkylation sites (N-methyl/N-ethyl adjacent to an activating group) is 1. The van der Waals surface area contributed by atoms with Crippen molar-refractivity contribution in [3.8, 4) is 0 Å². The molecule has 0 unspecified atom stereocenters. The zero-order valence-corrected chi connectivity index (χ0v) is 10.9. The summed E-state index contributed by atoms with van der Waals surface area (Å²) in [5.41, 5.74) is 0. The van der Waals surface area contributed by atoms with Crippen LogP contribution in [0.4, 0.5) is 4.79 Å². The summed E-state index contributed by atoms with van der Waals surface area (Å²) in [4.78, 5) is 35.7. The van der Waals surface area contributed by atoms with Gasteiger partial charge in [0.1, 0.15) is 6.04 Å². The summed E-state index contributed by atoms with van der Waals surface area (Å²) in [6.45, 7) is 0.383. The lowest BCUT2D eigenvalue weighted by Gasteiger charge is -2.42. The van der Waals surface area contributed by atoms with E-state index < -0.39 is 17.5 Å². The first-order chi connectivity index (χ1) is 8.56. The van der Waals surface area contributed by atoms with E-state index in [0.29, 0.717) is 32.2 Å². The van der Waals surface area contributed by atoms with Crippen molar-refractivity contribution in [2.24, 2.45) is 0 Å². The van der Waals surface area contributed by atoms with Gasteiger partial charge in [-0.15, -0.1) is 0 Å². The van der Waals surface area contributed by atoms with Crippen LogP contribution in [-0.4, -0.2) is 52.8 Å². The quantitative estimate of drug-likeness (QED) is 0.558. The van der Waals surface area contributed by atoms with Gasteiger partial charge in [0.25, 0.3) is 5.91 Å². The zero-order chi connectivity index (χ0) is 13.3. The monoisotopic (exact) mass is 273 g/mol. The molecule has 2 aliphatic rings. The molecule has 0 aromatic rings. The van der Waals surface area contributed by atoms with E-state index in [0.717, 1.165) is 0 Å². The molecule has 0 radical (unpaired) electrons. The second-order valence-corrected chi connectivity index (χ2v) is 4.89. The Balaban J connectivity index is 2.34. The van der Waals surface area contributed by atoms with Crippen molar-refractivity contribution in [2.75, 3.05) is 13.6 Å². The van der Waals surface area contributed by atoms with Crippen molar-refractivity contribution in [3.63, 3.8) is 0 Å². The van der Waals surface area contributed by atoms with E-state index in [1.807, 2.05) is 0 Å². The van der Waals surface area contributed by atoms with Gasteiger partial charge in [0.2, 0.25) is 0 Å². The van der Waals surface area contributed by atoms with Crippen LogP contribution in [0.15, 0.2) is 0 Å². The molecule has 0 spiro atoms. The highest BCUT2D eigenvalue weighted by Gasteiger charge is 2.43. The van der Waals surface area contributed by atoms with Crippen molar-refractivity contribution in [3.05, 3.63) is 0 Å². The van der Waals surface area contributed by atoms with Gasteiger partial charge in [0.15, 0.2) is 5.78 Å². The second-order valence-electron chi connectivity index (χ2n) is 4.56. The number of nitrogens with zero attached hydrogens (tertiary/aromatic N) is 2. The topological polar surface area (TPSA) is 69.7 Å². The first-order valence-corrected chi connectivity index (χ1v) is 6.44. The average molecular weight is 274 g/mol. The fraction of sp³-hybridized carbons (Fsp3) is 0.727. The molecule has 0 aromatic carbocycles. The van der Waals surface area contributed by atoms with Gasteiger partial charge >= 0.3 is 5.37 Å². The molecule has 7 heteroatoms. The van der Waals surface area contributed by atoms with Gasteiger partial charge in [-0.25, -0.2) is 10.0 Å². The number of carbonyl (C=O) groups excluding carboxylic acids is 3. The van der Waals surface area contributed by atoms with E-state index in [4.69, 9.17) is 11.6 Å². The summed E-state index contributed by atoms with van der Waals surface area (Å²) in [7, 11) is 1.67. The lowest BCUT2D eigenvalue weighted by atomic mass is 10.0. The van der Waals surface area contributed by atoms with Gasteiger partial charge in [-0.05, 0) is 37.9 Å². The Morgan fingerprint density at radius 1 is 1.39 bits per heavy atom. The van der Waals surface area contributed by atoms with Crippen molar-refractivity contribution in [2.45, 2.75) is 37.8 Å². The number of rotatable bonds is 1. The maximum Gasteiger partial charge on any atom is 0.335 e. The summed E-state index contributed by atoms with van der Waals surface area (Å²) >= 11 is 5.50. The molecule has 2 saturated heterocycles. The summed E-state index contributed by atoms with van der Waals surface area (Å²) in [6.07, 6.45) is 2.10. The van der Waals surface area contributed by atoms with Crippen LogP contribution in [-0.2, 0) is 9.59 Å². The molecule has 0 aromatic heterocycles. The Morgan fingerprint density at radius 2 is 2.11 bits per heavy atom. The van der Waals surface area contributed by atoms with Crippen LogP contribution in [0, 0.1) is 0 Å². The number of hydrogen-bond donors (Lipinski definition) is 1. The van der Waals surface area contributed by atoms with Crippen molar-refractivity contribution in [1.29, 1.82) is 0 Å². The Labute approximate surface area is 110 Å². The van der Waals surface area contributed by atoms with Gasteiger partial charge in [0.05, 0.1) is 6.04 Å².